The molecule has 0 atom stereocenters. The van der Waals surface area contributed by atoms with Gasteiger partial charge in [-0.05, 0) is 35.9 Å². The Hall–Kier alpha value is -1.19. The zero-order chi connectivity index (χ0) is 12.3. The summed E-state index contributed by atoms with van der Waals surface area (Å²) in [4.78, 5) is 0.831. The molecule has 0 aliphatic rings. The number of anilines is 1. The van der Waals surface area contributed by atoms with E-state index in [1.54, 1.807) is 17.8 Å². The van der Waals surface area contributed by atoms with Gasteiger partial charge in [0.25, 0.3) is 0 Å². The van der Waals surface area contributed by atoms with Crippen molar-refractivity contribution >= 4 is 29.1 Å². The van der Waals surface area contributed by atoms with Gasteiger partial charge in [-0.15, -0.1) is 11.8 Å². The first-order valence-electron chi connectivity index (χ1n) is 5.07. The summed E-state index contributed by atoms with van der Waals surface area (Å²) in [5, 5.41) is 0.716. The van der Waals surface area contributed by atoms with Gasteiger partial charge in [0.15, 0.2) is 0 Å². The van der Waals surface area contributed by atoms with Crippen LogP contribution in [0.25, 0.3) is 0 Å². The molecule has 0 aliphatic heterocycles. The number of thioether (sulfide) groups is 1. The summed E-state index contributed by atoms with van der Waals surface area (Å²) < 4.78 is 13.1. The highest BCUT2D eigenvalue weighted by Crippen LogP contribution is 2.26. The first-order chi connectivity index (χ1) is 8.13. The topological polar surface area (TPSA) is 26.0 Å². The fourth-order valence-electron chi connectivity index (χ4n) is 1.42. The van der Waals surface area contributed by atoms with Crippen LogP contribution in [0, 0.1) is 5.82 Å². The summed E-state index contributed by atoms with van der Waals surface area (Å²) in [6.07, 6.45) is 0. The van der Waals surface area contributed by atoms with Gasteiger partial charge in [-0.25, -0.2) is 4.39 Å². The third kappa shape index (κ3) is 3.65. The van der Waals surface area contributed by atoms with E-state index in [0.29, 0.717) is 10.7 Å². The van der Waals surface area contributed by atoms with Crippen molar-refractivity contribution in [1.82, 2.24) is 0 Å². The van der Waals surface area contributed by atoms with Crippen LogP contribution in [0.15, 0.2) is 47.4 Å². The van der Waals surface area contributed by atoms with Crippen LogP contribution in [0.5, 0.6) is 0 Å². The Morgan fingerprint density at radius 3 is 2.47 bits per heavy atom. The molecule has 0 unspecified atom stereocenters. The van der Waals surface area contributed by atoms with E-state index in [4.69, 9.17) is 17.3 Å². The maximum atomic E-state index is 13.1. The summed E-state index contributed by atoms with van der Waals surface area (Å²) in [7, 11) is 0. The predicted octanol–water partition coefficient (Wildman–Crippen LogP) is 4.35. The van der Waals surface area contributed by atoms with Crippen molar-refractivity contribution in [1.29, 1.82) is 0 Å². The lowest BCUT2D eigenvalue weighted by Crippen LogP contribution is -1.87. The molecule has 0 saturated carbocycles. The number of hydrogen-bond acceptors (Lipinski definition) is 2. The van der Waals surface area contributed by atoms with Crippen molar-refractivity contribution in [3.05, 3.63) is 58.9 Å². The fraction of sp³-hybridized carbons (Fsp3) is 0.0769. The average Bonchev–Trinajstić information content (AvgIpc) is 2.27. The van der Waals surface area contributed by atoms with Crippen LogP contribution in [0.4, 0.5) is 10.1 Å². The van der Waals surface area contributed by atoms with E-state index < -0.39 is 0 Å². The molecule has 2 aromatic carbocycles. The minimum Gasteiger partial charge on any atom is -0.399 e. The van der Waals surface area contributed by atoms with Crippen molar-refractivity contribution in [3.63, 3.8) is 0 Å². The van der Waals surface area contributed by atoms with Gasteiger partial charge in [-0.3, -0.25) is 0 Å². The number of halogens is 2. The van der Waals surface area contributed by atoms with E-state index in [2.05, 4.69) is 0 Å². The normalized spacial score (nSPS) is 10.5. The van der Waals surface area contributed by atoms with E-state index in [1.165, 1.54) is 12.1 Å². The summed E-state index contributed by atoms with van der Waals surface area (Å²) >= 11 is 7.34. The predicted molar refractivity (Wildman–Crippen MR) is 71.8 cm³/mol. The van der Waals surface area contributed by atoms with Gasteiger partial charge in [0.05, 0.1) is 0 Å². The standard InChI is InChI=1S/C13H11ClFNS/c14-10-3-1-9(2-4-10)8-17-13-6-11(15)5-12(16)7-13/h1-7H,8,16H2. The van der Waals surface area contributed by atoms with Crippen LogP contribution in [-0.4, -0.2) is 0 Å². The third-order valence-corrected chi connectivity index (χ3v) is 3.51. The molecule has 0 spiro atoms. The quantitative estimate of drug-likeness (QED) is 0.661. The van der Waals surface area contributed by atoms with E-state index in [0.717, 1.165) is 16.2 Å². The number of rotatable bonds is 3. The lowest BCUT2D eigenvalue weighted by atomic mass is 10.2. The molecular formula is C13H11ClFNS. The SMILES string of the molecule is Nc1cc(F)cc(SCc2ccc(Cl)cc2)c1. The molecule has 2 rings (SSSR count). The summed E-state index contributed by atoms with van der Waals surface area (Å²) in [5.41, 5.74) is 7.17. The van der Waals surface area contributed by atoms with Gasteiger partial charge >= 0.3 is 0 Å². The smallest absolute Gasteiger partial charge is 0.126 e. The molecule has 0 aliphatic carbocycles. The zero-order valence-electron chi connectivity index (χ0n) is 8.99. The number of benzene rings is 2. The minimum atomic E-state index is -0.302. The van der Waals surface area contributed by atoms with Gasteiger partial charge in [-0.1, -0.05) is 23.7 Å². The van der Waals surface area contributed by atoms with Crippen LogP contribution in [0.2, 0.25) is 5.02 Å². The lowest BCUT2D eigenvalue weighted by Gasteiger charge is -2.04. The Balaban J connectivity index is 2.04. The number of hydrogen-bond donors (Lipinski definition) is 1. The lowest BCUT2D eigenvalue weighted by molar-refractivity contribution is 0.625. The van der Waals surface area contributed by atoms with Crippen molar-refractivity contribution in [2.24, 2.45) is 0 Å². The van der Waals surface area contributed by atoms with Crippen molar-refractivity contribution in [2.45, 2.75) is 10.6 Å². The molecule has 0 aromatic heterocycles. The summed E-state index contributed by atoms with van der Waals surface area (Å²) in [6.45, 7) is 0. The Morgan fingerprint density at radius 2 is 1.82 bits per heavy atom. The van der Waals surface area contributed by atoms with Gasteiger partial charge in [0.1, 0.15) is 5.82 Å². The highest BCUT2D eigenvalue weighted by molar-refractivity contribution is 7.98. The Bertz CT molecular complexity index is 493. The van der Waals surface area contributed by atoms with Gasteiger partial charge < -0.3 is 5.73 Å². The van der Waals surface area contributed by atoms with Crippen LogP contribution in [0.1, 0.15) is 5.56 Å². The molecular weight excluding hydrogens is 257 g/mol. The van der Waals surface area contributed by atoms with Gasteiger partial charge in [0, 0.05) is 21.4 Å². The maximum absolute atomic E-state index is 13.1. The van der Waals surface area contributed by atoms with E-state index in [9.17, 15) is 4.39 Å². The van der Waals surface area contributed by atoms with Crippen molar-refractivity contribution in [2.75, 3.05) is 5.73 Å². The summed E-state index contributed by atoms with van der Waals surface area (Å²) in [5.74, 6) is 0.462. The highest BCUT2D eigenvalue weighted by Gasteiger charge is 2.00. The van der Waals surface area contributed by atoms with Crippen LogP contribution in [-0.2, 0) is 5.75 Å². The van der Waals surface area contributed by atoms with Crippen LogP contribution < -0.4 is 5.73 Å². The fourth-order valence-corrected chi connectivity index (χ4v) is 2.48. The van der Waals surface area contributed by atoms with E-state index in [1.807, 2.05) is 24.3 Å². The molecule has 0 bridgehead atoms. The zero-order valence-corrected chi connectivity index (χ0v) is 10.6. The Morgan fingerprint density at radius 1 is 1.12 bits per heavy atom. The molecule has 0 heterocycles. The molecule has 0 fully saturated rings. The first kappa shape index (κ1) is 12.3. The molecule has 2 aromatic rings. The second kappa shape index (κ2) is 5.43. The van der Waals surface area contributed by atoms with Crippen LogP contribution in [0.3, 0.4) is 0 Å². The van der Waals surface area contributed by atoms with E-state index in [-0.39, 0.29) is 5.82 Å². The second-order valence-corrected chi connectivity index (χ2v) is 5.12. The monoisotopic (exact) mass is 267 g/mol. The second-order valence-electron chi connectivity index (χ2n) is 3.64. The number of nitrogen functional groups attached to an aromatic ring is 1. The Labute approximate surface area is 109 Å². The molecule has 0 radical (unpaired) electrons. The maximum Gasteiger partial charge on any atom is 0.126 e. The minimum absolute atomic E-state index is 0.302. The van der Waals surface area contributed by atoms with Gasteiger partial charge in [-0.2, -0.15) is 0 Å². The molecule has 1 nitrogen and oxygen atoms in total. The number of nitrogens with two attached hydrogens (primary N) is 1. The van der Waals surface area contributed by atoms with E-state index >= 15 is 0 Å². The molecule has 0 amide bonds. The molecule has 17 heavy (non-hydrogen) atoms. The third-order valence-electron chi connectivity index (χ3n) is 2.21. The molecule has 4 heteroatoms. The summed E-state index contributed by atoms with van der Waals surface area (Å²) in [6, 6.07) is 12.2. The average molecular weight is 268 g/mol. The molecule has 2 N–H and O–H groups in total. The van der Waals surface area contributed by atoms with Crippen LogP contribution >= 0.6 is 23.4 Å². The largest absolute Gasteiger partial charge is 0.399 e. The van der Waals surface area contributed by atoms with Crippen molar-refractivity contribution < 1.29 is 4.39 Å². The molecule has 88 valence electrons. The van der Waals surface area contributed by atoms with Gasteiger partial charge in [0.2, 0.25) is 0 Å². The first-order valence-corrected chi connectivity index (χ1v) is 6.43. The molecule has 0 saturated heterocycles. The van der Waals surface area contributed by atoms with Crippen molar-refractivity contribution in [3.8, 4) is 0 Å². The Kier molecular flexibility index (Phi) is 3.92. The highest BCUT2D eigenvalue weighted by atomic mass is 35.5.